The number of rotatable bonds is 6. The average molecular weight is 478 g/mol. The second kappa shape index (κ2) is 9.14. The highest BCUT2D eigenvalue weighted by Gasteiger charge is 2.35. The summed E-state index contributed by atoms with van der Waals surface area (Å²) >= 11 is 1.05. The third kappa shape index (κ3) is 4.86. The normalized spacial score (nSPS) is 13.1. The molecule has 0 aliphatic carbocycles. The highest BCUT2D eigenvalue weighted by molar-refractivity contribution is 7.15. The molecule has 0 spiro atoms. The van der Waals surface area contributed by atoms with Gasteiger partial charge in [-0.2, -0.15) is 0 Å². The Kier molecular flexibility index (Phi) is 6.25. The van der Waals surface area contributed by atoms with Gasteiger partial charge in [0.15, 0.2) is 0 Å². The van der Waals surface area contributed by atoms with Crippen molar-refractivity contribution in [3.05, 3.63) is 75.8 Å². The summed E-state index contributed by atoms with van der Waals surface area (Å²) < 4.78 is 0. The van der Waals surface area contributed by atoms with Crippen LogP contribution in [0.4, 0.5) is 5.13 Å². The predicted molar refractivity (Wildman–Crippen MR) is 127 cm³/mol. The lowest BCUT2D eigenvalue weighted by Gasteiger charge is -2.19. The lowest BCUT2D eigenvalue weighted by Crippen LogP contribution is -2.32. The van der Waals surface area contributed by atoms with E-state index in [0.29, 0.717) is 21.7 Å². The molecule has 3 aromatic rings. The summed E-state index contributed by atoms with van der Waals surface area (Å²) in [7, 11) is 0. The summed E-state index contributed by atoms with van der Waals surface area (Å²) in [6.07, 6.45) is 0. The van der Waals surface area contributed by atoms with Crippen LogP contribution in [0.1, 0.15) is 62.4 Å². The van der Waals surface area contributed by atoms with Crippen LogP contribution in [0.5, 0.6) is 0 Å². The van der Waals surface area contributed by atoms with Gasteiger partial charge in [-0.05, 0) is 35.2 Å². The van der Waals surface area contributed by atoms with Crippen LogP contribution in [0.3, 0.4) is 0 Å². The van der Waals surface area contributed by atoms with Gasteiger partial charge in [0.25, 0.3) is 17.7 Å². The largest absolute Gasteiger partial charge is 0.343 e. The highest BCUT2D eigenvalue weighted by Crippen LogP contribution is 2.26. The zero-order valence-electron chi connectivity index (χ0n) is 18.9. The minimum Gasteiger partial charge on any atom is -0.343 e. The van der Waals surface area contributed by atoms with Crippen LogP contribution in [0, 0.1) is 0 Å². The van der Waals surface area contributed by atoms with Crippen molar-refractivity contribution >= 4 is 40.1 Å². The first-order valence-corrected chi connectivity index (χ1v) is 11.4. The summed E-state index contributed by atoms with van der Waals surface area (Å²) in [5, 5.41) is 13.6. The molecule has 2 aromatic carbocycles. The Hall–Kier alpha value is -3.92. The molecule has 0 bridgehead atoms. The van der Waals surface area contributed by atoms with Crippen molar-refractivity contribution in [1.29, 1.82) is 0 Å². The Morgan fingerprint density at radius 2 is 1.56 bits per heavy atom. The van der Waals surface area contributed by atoms with E-state index in [1.54, 1.807) is 36.4 Å². The lowest BCUT2D eigenvalue weighted by molar-refractivity contribution is -0.115. The van der Waals surface area contributed by atoms with Gasteiger partial charge >= 0.3 is 0 Å². The minimum absolute atomic E-state index is 0.0190. The van der Waals surface area contributed by atoms with Crippen molar-refractivity contribution in [1.82, 2.24) is 20.4 Å². The van der Waals surface area contributed by atoms with Crippen molar-refractivity contribution < 1.29 is 19.2 Å². The van der Waals surface area contributed by atoms with Gasteiger partial charge in [-0.3, -0.25) is 29.4 Å². The van der Waals surface area contributed by atoms with Crippen molar-refractivity contribution in [2.75, 3.05) is 11.9 Å². The van der Waals surface area contributed by atoms with Crippen molar-refractivity contribution in [3.63, 3.8) is 0 Å². The van der Waals surface area contributed by atoms with Crippen LogP contribution >= 0.6 is 11.3 Å². The Labute approximate surface area is 200 Å². The van der Waals surface area contributed by atoms with Gasteiger partial charge in [-0.1, -0.05) is 56.4 Å². The highest BCUT2D eigenvalue weighted by atomic mass is 32.1. The van der Waals surface area contributed by atoms with Gasteiger partial charge in [-0.15, -0.1) is 10.2 Å². The molecule has 4 rings (SSSR count). The van der Waals surface area contributed by atoms with Crippen molar-refractivity contribution in [2.45, 2.75) is 32.7 Å². The molecule has 1 aliphatic rings. The fourth-order valence-corrected chi connectivity index (χ4v) is 4.18. The zero-order valence-corrected chi connectivity index (χ0v) is 19.7. The second-order valence-electron chi connectivity index (χ2n) is 8.80. The molecule has 0 fully saturated rings. The second-order valence-corrected chi connectivity index (χ2v) is 9.86. The number of hydrogen-bond donors (Lipinski definition) is 2. The number of nitrogens with zero attached hydrogens (tertiary/aromatic N) is 3. The minimum atomic E-state index is -0.469. The van der Waals surface area contributed by atoms with E-state index in [2.05, 4.69) is 41.6 Å². The molecule has 9 nitrogen and oxygen atoms in total. The fraction of sp³-hybridized carbons (Fsp3) is 0.250. The van der Waals surface area contributed by atoms with Gasteiger partial charge < -0.3 is 5.32 Å². The number of hydrogen-bond acceptors (Lipinski definition) is 7. The molecule has 34 heavy (non-hydrogen) atoms. The molecule has 4 amide bonds. The number of anilines is 1. The smallest absolute Gasteiger partial charge is 0.261 e. The molecule has 1 aliphatic heterocycles. The average Bonchev–Trinajstić information content (AvgIpc) is 3.35. The van der Waals surface area contributed by atoms with Crippen LogP contribution in [0.25, 0.3) is 0 Å². The maximum Gasteiger partial charge on any atom is 0.261 e. The van der Waals surface area contributed by atoms with Crippen LogP contribution in [-0.4, -0.2) is 45.3 Å². The Morgan fingerprint density at radius 1 is 0.941 bits per heavy atom. The van der Waals surface area contributed by atoms with Crippen LogP contribution in [0.15, 0.2) is 48.5 Å². The van der Waals surface area contributed by atoms with Crippen molar-refractivity contribution in [3.8, 4) is 0 Å². The molecule has 0 saturated heterocycles. The molecule has 10 heteroatoms. The number of carbonyl (C=O) groups is 4. The van der Waals surface area contributed by atoms with Gasteiger partial charge in [0.1, 0.15) is 5.01 Å². The quantitative estimate of drug-likeness (QED) is 0.527. The van der Waals surface area contributed by atoms with E-state index in [9.17, 15) is 19.2 Å². The van der Waals surface area contributed by atoms with E-state index in [1.807, 2.05) is 12.1 Å². The zero-order chi connectivity index (χ0) is 24.5. The molecular weight excluding hydrogens is 454 g/mol. The van der Waals surface area contributed by atoms with E-state index in [1.165, 1.54) is 0 Å². The number of carbonyl (C=O) groups excluding carboxylic acids is 4. The number of amides is 4. The van der Waals surface area contributed by atoms with Gasteiger partial charge in [-0.25, -0.2) is 0 Å². The van der Waals surface area contributed by atoms with Gasteiger partial charge in [0, 0.05) is 5.56 Å². The van der Waals surface area contributed by atoms with E-state index in [-0.39, 0.29) is 41.4 Å². The van der Waals surface area contributed by atoms with E-state index >= 15 is 0 Å². The van der Waals surface area contributed by atoms with Crippen LogP contribution in [0.2, 0.25) is 0 Å². The number of aromatic nitrogens is 2. The Balaban J connectivity index is 1.30. The third-order valence-electron chi connectivity index (χ3n) is 5.31. The number of nitrogens with one attached hydrogen (secondary N) is 2. The fourth-order valence-electron chi connectivity index (χ4n) is 3.43. The first-order chi connectivity index (χ1) is 16.1. The predicted octanol–water partition coefficient (Wildman–Crippen LogP) is 3.00. The summed E-state index contributed by atoms with van der Waals surface area (Å²) in [5.74, 6) is -1.61. The Morgan fingerprint density at radius 3 is 2.15 bits per heavy atom. The number of benzene rings is 2. The first kappa shape index (κ1) is 23.2. The monoisotopic (exact) mass is 477 g/mol. The summed E-state index contributed by atoms with van der Waals surface area (Å²) in [6, 6.07) is 13.9. The standard InChI is InChI=1S/C24H23N5O4S/c1-24(2,3)15-10-8-14(9-11-15)20(31)25-12-18(30)26-23-28-27-19(34-23)13-29-21(32)16-6-4-5-7-17(16)22(29)33/h4-11H,12-13H2,1-3H3,(H,25,31)(H,26,28,30). The first-order valence-electron chi connectivity index (χ1n) is 10.6. The molecule has 0 atom stereocenters. The molecule has 0 radical (unpaired) electrons. The topological polar surface area (TPSA) is 121 Å². The maximum absolute atomic E-state index is 12.5. The van der Waals surface area contributed by atoms with Gasteiger partial charge in [0.05, 0.1) is 24.2 Å². The maximum atomic E-state index is 12.5. The molecule has 1 aromatic heterocycles. The SMILES string of the molecule is CC(C)(C)c1ccc(C(=O)NCC(=O)Nc2nnc(CN3C(=O)c4ccccc4C3=O)s2)cc1. The van der Waals surface area contributed by atoms with E-state index < -0.39 is 5.91 Å². The van der Waals surface area contributed by atoms with E-state index in [4.69, 9.17) is 0 Å². The number of imide groups is 1. The number of fused-ring (bicyclic) bond motifs is 1. The molecule has 174 valence electrons. The molecular formula is C24H23N5O4S. The van der Waals surface area contributed by atoms with Crippen molar-refractivity contribution in [2.24, 2.45) is 0 Å². The summed E-state index contributed by atoms with van der Waals surface area (Å²) in [4.78, 5) is 50.6. The Bertz CT molecular complexity index is 1240. The lowest BCUT2D eigenvalue weighted by atomic mass is 9.87. The van der Waals surface area contributed by atoms with Crippen LogP contribution in [-0.2, 0) is 16.8 Å². The van der Waals surface area contributed by atoms with Crippen LogP contribution < -0.4 is 10.6 Å². The molecule has 0 saturated carbocycles. The molecule has 2 N–H and O–H groups in total. The molecule has 2 heterocycles. The van der Waals surface area contributed by atoms with E-state index in [0.717, 1.165) is 21.8 Å². The summed E-state index contributed by atoms with van der Waals surface area (Å²) in [6.45, 7) is 5.98. The molecule has 0 unspecified atom stereocenters. The van der Waals surface area contributed by atoms with Gasteiger partial charge in [0.2, 0.25) is 11.0 Å². The third-order valence-corrected chi connectivity index (χ3v) is 6.13. The summed E-state index contributed by atoms with van der Waals surface area (Å²) in [5.41, 5.74) is 2.26.